The van der Waals surface area contributed by atoms with Crippen LogP contribution in [0.5, 0.6) is 0 Å². The molecule has 0 unspecified atom stereocenters. The van der Waals surface area contributed by atoms with Gasteiger partial charge in [0.05, 0.1) is 0 Å². The number of benzene rings is 2. The molecule has 0 radical (unpaired) electrons. The molecule has 0 spiro atoms. The van der Waals surface area contributed by atoms with Gasteiger partial charge >= 0.3 is 0 Å². The molecule has 0 amide bonds. The van der Waals surface area contributed by atoms with E-state index in [9.17, 15) is 0 Å². The van der Waals surface area contributed by atoms with Crippen LogP contribution in [0.1, 0.15) is 71.6 Å². The maximum absolute atomic E-state index is 2.50. The van der Waals surface area contributed by atoms with Gasteiger partial charge in [-0.15, -0.1) is 11.3 Å². The predicted molar refractivity (Wildman–Crippen MR) is 109 cm³/mol. The minimum absolute atomic E-state index is 0.195. The van der Waals surface area contributed by atoms with Crippen molar-refractivity contribution >= 4 is 31.5 Å². The van der Waals surface area contributed by atoms with Crippen LogP contribution in [-0.2, 0) is 16.2 Å². The molecular formula is C23H28S. The van der Waals surface area contributed by atoms with E-state index >= 15 is 0 Å². The largest absolute Gasteiger partial charge is 0.135 e. The Hall–Kier alpha value is -1.34. The average molecular weight is 337 g/mol. The van der Waals surface area contributed by atoms with Crippen LogP contribution in [0.25, 0.3) is 20.2 Å². The SMILES string of the molecule is CC(C)(C)c1ccc2sc3cc4c(cc3c2c1)C(C)(C)CC4(C)C. The van der Waals surface area contributed by atoms with Gasteiger partial charge in [0.2, 0.25) is 0 Å². The summed E-state index contributed by atoms with van der Waals surface area (Å²) in [5, 5.41) is 2.89. The Labute approximate surface area is 149 Å². The number of hydrogen-bond donors (Lipinski definition) is 0. The van der Waals surface area contributed by atoms with Crippen LogP contribution in [0.15, 0.2) is 30.3 Å². The molecular weight excluding hydrogens is 308 g/mol. The third-order valence-corrected chi connectivity index (χ3v) is 6.95. The molecule has 0 saturated carbocycles. The van der Waals surface area contributed by atoms with E-state index in [0.717, 1.165) is 0 Å². The summed E-state index contributed by atoms with van der Waals surface area (Å²) in [6, 6.07) is 12.0. The lowest BCUT2D eigenvalue weighted by Gasteiger charge is -2.22. The van der Waals surface area contributed by atoms with Crippen molar-refractivity contribution in [3.8, 4) is 0 Å². The molecule has 1 aliphatic rings. The van der Waals surface area contributed by atoms with E-state index in [2.05, 4.69) is 78.8 Å². The zero-order valence-corrected chi connectivity index (χ0v) is 16.8. The molecule has 126 valence electrons. The molecule has 3 aromatic rings. The van der Waals surface area contributed by atoms with Gasteiger partial charge in [0.1, 0.15) is 0 Å². The van der Waals surface area contributed by atoms with Gasteiger partial charge < -0.3 is 0 Å². The summed E-state index contributed by atoms with van der Waals surface area (Å²) in [5.41, 5.74) is 5.28. The van der Waals surface area contributed by atoms with Gasteiger partial charge in [-0.1, -0.05) is 54.5 Å². The van der Waals surface area contributed by atoms with Gasteiger partial charge in [-0.3, -0.25) is 0 Å². The van der Waals surface area contributed by atoms with Gasteiger partial charge in [-0.2, -0.15) is 0 Å². The van der Waals surface area contributed by atoms with Gasteiger partial charge in [0, 0.05) is 20.2 Å². The maximum atomic E-state index is 2.50. The van der Waals surface area contributed by atoms with E-state index in [1.165, 1.54) is 32.2 Å². The Morgan fingerprint density at radius 2 is 1.38 bits per heavy atom. The molecule has 0 N–H and O–H groups in total. The monoisotopic (exact) mass is 336 g/mol. The molecule has 0 fully saturated rings. The van der Waals surface area contributed by atoms with Crippen LogP contribution in [0.3, 0.4) is 0 Å². The third-order valence-electron chi connectivity index (χ3n) is 5.82. The van der Waals surface area contributed by atoms with Crippen molar-refractivity contribution in [3.63, 3.8) is 0 Å². The second-order valence-corrected chi connectivity index (χ2v) is 11.0. The highest BCUT2D eigenvalue weighted by Crippen LogP contribution is 2.52. The minimum atomic E-state index is 0.195. The van der Waals surface area contributed by atoms with Gasteiger partial charge in [0.25, 0.3) is 0 Å². The summed E-state index contributed by atoms with van der Waals surface area (Å²) in [7, 11) is 0. The van der Waals surface area contributed by atoms with E-state index in [1.54, 1.807) is 11.1 Å². The number of rotatable bonds is 0. The Morgan fingerprint density at radius 3 is 2.00 bits per heavy atom. The Morgan fingerprint density at radius 1 is 0.792 bits per heavy atom. The van der Waals surface area contributed by atoms with Crippen molar-refractivity contribution in [2.24, 2.45) is 0 Å². The molecule has 0 saturated heterocycles. The van der Waals surface area contributed by atoms with Crippen molar-refractivity contribution in [3.05, 3.63) is 47.0 Å². The van der Waals surface area contributed by atoms with Crippen molar-refractivity contribution in [2.45, 2.75) is 71.1 Å². The number of thiophene rings is 1. The van der Waals surface area contributed by atoms with Crippen molar-refractivity contribution in [1.82, 2.24) is 0 Å². The highest BCUT2D eigenvalue weighted by Gasteiger charge is 2.42. The maximum Gasteiger partial charge on any atom is 0.0358 e. The molecule has 1 heterocycles. The molecule has 1 aromatic heterocycles. The Kier molecular flexibility index (Phi) is 3.12. The average Bonchev–Trinajstić information content (AvgIpc) is 2.88. The van der Waals surface area contributed by atoms with Crippen LogP contribution >= 0.6 is 11.3 Å². The van der Waals surface area contributed by atoms with Crippen molar-refractivity contribution < 1.29 is 0 Å². The highest BCUT2D eigenvalue weighted by atomic mass is 32.1. The van der Waals surface area contributed by atoms with Crippen LogP contribution < -0.4 is 0 Å². The zero-order valence-electron chi connectivity index (χ0n) is 16.0. The number of hydrogen-bond acceptors (Lipinski definition) is 1. The fourth-order valence-corrected chi connectivity index (χ4v) is 5.81. The van der Waals surface area contributed by atoms with Crippen LogP contribution in [-0.4, -0.2) is 0 Å². The first-order valence-corrected chi connectivity index (χ1v) is 9.82. The van der Waals surface area contributed by atoms with Gasteiger partial charge in [-0.25, -0.2) is 0 Å². The molecule has 4 rings (SSSR count). The normalized spacial score (nSPS) is 19.1. The summed E-state index contributed by atoms with van der Waals surface area (Å²) < 4.78 is 2.86. The van der Waals surface area contributed by atoms with E-state index in [-0.39, 0.29) is 16.2 Å². The van der Waals surface area contributed by atoms with Crippen LogP contribution in [0.4, 0.5) is 0 Å². The Bertz CT molecular complexity index is 961. The lowest BCUT2D eigenvalue weighted by atomic mass is 9.82. The molecule has 0 nitrogen and oxygen atoms in total. The van der Waals surface area contributed by atoms with Gasteiger partial charge in [0.15, 0.2) is 0 Å². The summed E-state index contributed by atoms with van der Waals surface area (Å²) in [4.78, 5) is 0. The summed E-state index contributed by atoms with van der Waals surface area (Å²) in [6.45, 7) is 16.5. The first kappa shape index (κ1) is 16.1. The van der Waals surface area contributed by atoms with E-state index < -0.39 is 0 Å². The third kappa shape index (κ3) is 2.24. The van der Waals surface area contributed by atoms with E-state index in [1.807, 2.05) is 11.3 Å². The number of fused-ring (bicyclic) bond motifs is 4. The molecule has 24 heavy (non-hydrogen) atoms. The van der Waals surface area contributed by atoms with Crippen LogP contribution in [0.2, 0.25) is 0 Å². The fourth-order valence-electron chi connectivity index (χ4n) is 4.70. The second kappa shape index (κ2) is 4.64. The first-order chi connectivity index (χ1) is 11.0. The summed E-state index contributed by atoms with van der Waals surface area (Å²) in [6.07, 6.45) is 1.23. The van der Waals surface area contributed by atoms with Crippen molar-refractivity contribution in [1.29, 1.82) is 0 Å². The molecule has 0 atom stereocenters. The highest BCUT2D eigenvalue weighted by molar-refractivity contribution is 7.25. The predicted octanol–water partition coefficient (Wildman–Crippen LogP) is 7.31. The zero-order chi connectivity index (χ0) is 17.5. The molecule has 1 heteroatoms. The topological polar surface area (TPSA) is 0 Å². The Balaban J connectivity index is 2.05. The standard InChI is InChI=1S/C23H28S/c1-21(2,3)14-8-9-19-15(10-14)16-11-17-18(12-20(16)24-19)23(6,7)13-22(17,4)5/h8-12H,13H2,1-7H3. The van der Waals surface area contributed by atoms with E-state index in [4.69, 9.17) is 0 Å². The lowest BCUT2D eigenvalue weighted by Crippen LogP contribution is -2.17. The summed E-state index contributed by atoms with van der Waals surface area (Å²) >= 11 is 1.95. The minimum Gasteiger partial charge on any atom is -0.135 e. The van der Waals surface area contributed by atoms with Crippen LogP contribution in [0, 0.1) is 0 Å². The second-order valence-electron chi connectivity index (χ2n) is 9.90. The lowest BCUT2D eigenvalue weighted by molar-refractivity contribution is 0.403. The van der Waals surface area contributed by atoms with Crippen molar-refractivity contribution in [2.75, 3.05) is 0 Å². The molecule has 2 aromatic carbocycles. The molecule has 0 aliphatic heterocycles. The molecule has 0 bridgehead atoms. The quantitative estimate of drug-likeness (QED) is 0.403. The van der Waals surface area contributed by atoms with Gasteiger partial charge in [-0.05, 0) is 63.6 Å². The smallest absolute Gasteiger partial charge is 0.0358 e. The first-order valence-electron chi connectivity index (χ1n) is 9.01. The molecule has 1 aliphatic carbocycles. The van der Waals surface area contributed by atoms with E-state index in [0.29, 0.717) is 0 Å². The summed E-state index contributed by atoms with van der Waals surface area (Å²) in [5.74, 6) is 0. The fraction of sp³-hybridized carbons (Fsp3) is 0.478.